The van der Waals surface area contributed by atoms with Crippen LogP contribution >= 0.6 is 0 Å². The fourth-order valence-electron chi connectivity index (χ4n) is 3.75. The highest BCUT2D eigenvalue weighted by Crippen LogP contribution is 2.18. The third kappa shape index (κ3) is 2.92. The molecule has 0 atom stereocenters. The Labute approximate surface area is 144 Å². The van der Waals surface area contributed by atoms with Crippen LogP contribution < -0.4 is 10.9 Å². The van der Waals surface area contributed by atoms with Crippen LogP contribution in [-0.4, -0.2) is 20.9 Å². The molecule has 2 heterocycles. The second kappa shape index (κ2) is 6.35. The van der Waals surface area contributed by atoms with E-state index in [1.54, 1.807) is 28.8 Å². The number of halogens is 1. The molecule has 1 aliphatic rings. The van der Waals surface area contributed by atoms with E-state index in [0.717, 1.165) is 25.7 Å². The molecule has 0 spiro atoms. The van der Waals surface area contributed by atoms with Crippen LogP contribution in [0.1, 0.15) is 32.1 Å². The van der Waals surface area contributed by atoms with Crippen molar-refractivity contribution in [1.29, 1.82) is 0 Å². The van der Waals surface area contributed by atoms with Crippen molar-refractivity contribution in [2.75, 3.05) is 0 Å². The third-order valence-corrected chi connectivity index (χ3v) is 4.97. The van der Waals surface area contributed by atoms with Gasteiger partial charge < -0.3 is 9.72 Å². The molecule has 2 aromatic heterocycles. The van der Waals surface area contributed by atoms with E-state index in [-0.39, 0.29) is 24.1 Å². The molecule has 0 saturated heterocycles. The van der Waals surface area contributed by atoms with Crippen LogP contribution in [0.15, 0.2) is 41.3 Å². The van der Waals surface area contributed by atoms with Gasteiger partial charge in [0.1, 0.15) is 17.9 Å². The minimum Gasteiger partial charge on any atom is -0.352 e. The SMILES string of the molecule is O=C(Cn1c(=O)c2cccn2c2ccc(F)cc21)NC1CCCCC1. The van der Waals surface area contributed by atoms with Gasteiger partial charge in [0.15, 0.2) is 0 Å². The first-order valence-electron chi connectivity index (χ1n) is 8.72. The number of aromatic nitrogens is 2. The minimum absolute atomic E-state index is 0.100. The van der Waals surface area contributed by atoms with Gasteiger partial charge in [0, 0.05) is 12.2 Å². The Balaban J connectivity index is 1.74. The average Bonchev–Trinajstić information content (AvgIpc) is 3.09. The number of carbonyl (C=O) groups is 1. The smallest absolute Gasteiger partial charge is 0.275 e. The first-order valence-corrected chi connectivity index (χ1v) is 8.72. The Morgan fingerprint density at radius 3 is 2.72 bits per heavy atom. The fourth-order valence-corrected chi connectivity index (χ4v) is 3.75. The molecule has 1 amide bonds. The zero-order chi connectivity index (χ0) is 17.4. The van der Waals surface area contributed by atoms with E-state index in [9.17, 15) is 14.0 Å². The van der Waals surface area contributed by atoms with Crippen LogP contribution in [-0.2, 0) is 11.3 Å². The van der Waals surface area contributed by atoms with Gasteiger partial charge >= 0.3 is 0 Å². The molecular weight excluding hydrogens is 321 g/mol. The third-order valence-electron chi connectivity index (χ3n) is 4.97. The van der Waals surface area contributed by atoms with E-state index in [1.165, 1.54) is 23.1 Å². The summed E-state index contributed by atoms with van der Waals surface area (Å²) in [6, 6.07) is 7.96. The van der Waals surface area contributed by atoms with Gasteiger partial charge in [-0.3, -0.25) is 14.2 Å². The van der Waals surface area contributed by atoms with Gasteiger partial charge in [-0.05, 0) is 43.2 Å². The molecule has 0 unspecified atom stereocenters. The number of nitrogens with zero attached hydrogens (tertiary/aromatic N) is 2. The van der Waals surface area contributed by atoms with Crippen molar-refractivity contribution < 1.29 is 9.18 Å². The molecule has 5 nitrogen and oxygen atoms in total. The fraction of sp³-hybridized carbons (Fsp3) is 0.368. The van der Waals surface area contributed by atoms with Gasteiger partial charge in [0.25, 0.3) is 5.56 Å². The number of benzene rings is 1. The van der Waals surface area contributed by atoms with Crippen molar-refractivity contribution >= 4 is 22.5 Å². The summed E-state index contributed by atoms with van der Waals surface area (Å²) < 4.78 is 16.9. The minimum atomic E-state index is -0.431. The first-order chi connectivity index (χ1) is 12.1. The van der Waals surface area contributed by atoms with Crippen molar-refractivity contribution in [2.45, 2.75) is 44.7 Å². The molecule has 0 radical (unpaired) electrons. The van der Waals surface area contributed by atoms with E-state index < -0.39 is 5.82 Å². The predicted octanol–water partition coefficient (Wildman–Crippen LogP) is 2.84. The quantitative estimate of drug-likeness (QED) is 0.796. The van der Waals surface area contributed by atoms with Crippen molar-refractivity contribution in [3.05, 3.63) is 52.7 Å². The Morgan fingerprint density at radius 2 is 1.92 bits per heavy atom. The molecule has 130 valence electrons. The van der Waals surface area contributed by atoms with Gasteiger partial charge in [-0.25, -0.2) is 4.39 Å². The summed E-state index contributed by atoms with van der Waals surface area (Å²) in [4.78, 5) is 25.2. The molecule has 1 N–H and O–H groups in total. The lowest BCUT2D eigenvalue weighted by Gasteiger charge is -2.23. The number of nitrogens with one attached hydrogen (secondary N) is 1. The number of amides is 1. The number of hydrogen-bond acceptors (Lipinski definition) is 2. The van der Waals surface area contributed by atoms with E-state index in [4.69, 9.17) is 0 Å². The molecule has 1 saturated carbocycles. The molecule has 0 bridgehead atoms. The van der Waals surface area contributed by atoms with E-state index in [2.05, 4.69) is 5.32 Å². The van der Waals surface area contributed by atoms with Crippen molar-refractivity contribution in [3.63, 3.8) is 0 Å². The summed E-state index contributed by atoms with van der Waals surface area (Å²) in [5.41, 5.74) is 1.31. The number of hydrogen-bond donors (Lipinski definition) is 1. The summed E-state index contributed by atoms with van der Waals surface area (Å²) in [7, 11) is 0. The maximum Gasteiger partial charge on any atom is 0.275 e. The molecule has 3 aromatic rings. The number of fused-ring (bicyclic) bond motifs is 3. The van der Waals surface area contributed by atoms with E-state index >= 15 is 0 Å². The van der Waals surface area contributed by atoms with Crippen LogP contribution in [0.5, 0.6) is 0 Å². The van der Waals surface area contributed by atoms with E-state index in [1.807, 2.05) is 0 Å². The van der Waals surface area contributed by atoms with Crippen LogP contribution in [0, 0.1) is 5.82 Å². The molecule has 1 aromatic carbocycles. The molecule has 1 fully saturated rings. The molecule has 0 aliphatic heterocycles. The summed E-state index contributed by atoms with van der Waals surface area (Å²) in [5, 5.41) is 3.02. The predicted molar refractivity (Wildman–Crippen MR) is 94.1 cm³/mol. The summed E-state index contributed by atoms with van der Waals surface area (Å²) >= 11 is 0. The highest BCUT2D eigenvalue weighted by atomic mass is 19.1. The molecule has 1 aliphatic carbocycles. The molecule has 6 heteroatoms. The first kappa shape index (κ1) is 15.9. The summed E-state index contributed by atoms with van der Waals surface area (Å²) in [6.45, 7) is -0.100. The van der Waals surface area contributed by atoms with Gasteiger partial charge in [0.2, 0.25) is 5.91 Å². The zero-order valence-corrected chi connectivity index (χ0v) is 13.9. The maximum atomic E-state index is 13.8. The van der Waals surface area contributed by atoms with Gasteiger partial charge in [-0.1, -0.05) is 19.3 Å². The molecular formula is C19H20FN3O2. The maximum absolute atomic E-state index is 13.8. The zero-order valence-electron chi connectivity index (χ0n) is 13.9. The molecule has 25 heavy (non-hydrogen) atoms. The summed E-state index contributed by atoms with van der Waals surface area (Å²) in [5.74, 6) is -0.629. The second-order valence-electron chi connectivity index (χ2n) is 6.69. The van der Waals surface area contributed by atoms with Gasteiger partial charge in [-0.2, -0.15) is 0 Å². The second-order valence-corrected chi connectivity index (χ2v) is 6.69. The highest BCUT2D eigenvalue weighted by molar-refractivity contribution is 5.82. The average molecular weight is 341 g/mol. The van der Waals surface area contributed by atoms with Crippen LogP contribution in [0.2, 0.25) is 0 Å². The largest absolute Gasteiger partial charge is 0.352 e. The lowest BCUT2D eigenvalue weighted by Crippen LogP contribution is -2.40. The van der Waals surface area contributed by atoms with Crippen LogP contribution in [0.4, 0.5) is 4.39 Å². The lowest BCUT2D eigenvalue weighted by atomic mass is 9.95. The highest BCUT2D eigenvalue weighted by Gasteiger charge is 2.18. The standard InChI is InChI=1S/C19H20FN3O2/c20-13-8-9-15-17(11-13)23(19(25)16-7-4-10-22(15)16)12-18(24)21-14-5-2-1-3-6-14/h4,7-11,14H,1-3,5-6,12H2,(H,21,24). The van der Waals surface area contributed by atoms with Crippen molar-refractivity contribution in [3.8, 4) is 0 Å². The summed E-state index contributed by atoms with van der Waals surface area (Å²) in [6.07, 6.45) is 7.18. The Bertz CT molecular complexity index is 999. The van der Waals surface area contributed by atoms with Crippen LogP contribution in [0.3, 0.4) is 0 Å². The Kier molecular flexibility index (Phi) is 4.03. The monoisotopic (exact) mass is 341 g/mol. The Hall–Kier alpha value is -2.63. The number of carbonyl (C=O) groups excluding carboxylic acids is 1. The number of rotatable bonds is 3. The lowest BCUT2D eigenvalue weighted by molar-refractivity contribution is -0.122. The van der Waals surface area contributed by atoms with Gasteiger partial charge in [-0.15, -0.1) is 0 Å². The normalized spacial score (nSPS) is 15.7. The van der Waals surface area contributed by atoms with Crippen molar-refractivity contribution in [1.82, 2.24) is 14.3 Å². The van der Waals surface area contributed by atoms with Gasteiger partial charge in [0.05, 0.1) is 11.0 Å². The Morgan fingerprint density at radius 1 is 1.12 bits per heavy atom. The van der Waals surface area contributed by atoms with Crippen LogP contribution in [0.25, 0.3) is 16.6 Å². The van der Waals surface area contributed by atoms with E-state index in [0.29, 0.717) is 16.6 Å². The topological polar surface area (TPSA) is 55.5 Å². The van der Waals surface area contributed by atoms with Crippen molar-refractivity contribution in [2.24, 2.45) is 0 Å². The molecule has 4 rings (SSSR count).